The molecule has 2 atom stereocenters. The third-order valence-corrected chi connectivity index (χ3v) is 7.68. The van der Waals surface area contributed by atoms with Crippen molar-refractivity contribution in [3.05, 3.63) is 48.4 Å². The van der Waals surface area contributed by atoms with Crippen LogP contribution in [0.3, 0.4) is 0 Å². The zero-order valence-corrected chi connectivity index (χ0v) is 23.7. The molecule has 0 saturated carbocycles. The Labute approximate surface area is 249 Å². The standard InChI is InChI=1S/C28H30F3N9O4/c1-16-10-23(41)37-40(44-27(42)28(29,30)31)24(16)17-2-3-21-22(12-17)36-26(35-21)20-11-18(13-33-25(20)32)19-14-34-39(15-19)5-4-38-6-8-43-9-7-38/h2-3,11-16,24H,4-10H2,1H3,(H2,32,33)(H,35,36)(H,37,41). The summed E-state index contributed by atoms with van der Waals surface area (Å²) in [4.78, 5) is 42.8. The van der Waals surface area contributed by atoms with Gasteiger partial charge in [0.2, 0.25) is 5.91 Å². The minimum Gasteiger partial charge on any atom is -0.383 e. The number of anilines is 1. The number of morpholine rings is 1. The van der Waals surface area contributed by atoms with Gasteiger partial charge in [0.1, 0.15) is 11.6 Å². The number of aromatic nitrogens is 5. The summed E-state index contributed by atoms with van der Waals surface area (Å²) in [6, 6.07) is 6.01. The highest BCUT2D eigenvalue weighted by atomic mass is 19.4. The van der Waals surface area contributed by atoms with E-state index < -0.39 is 30.0 Å². The Morgan fingerprint density at radius 2 is 1.95 bits per heavy atom. The molecule has 0 bridgehead atoms. The van der Waals surface area contributed by atoms with Crippen LogP contribution in [0.15, 0.2) is 42.9 Å². The molecule has 6 rings (SSSR count). The van der Waals surface area contributed by atoms with Crippen LogP contribution in [-0.2, 0) is 25.7 Å². The number of hydroxylamine groups is 1. The van der Waals surface area contributed by atoms with Crippen LogP contribution in [-0.4, -0.2) is 85.7 Å². The number of benzene rings is 1. The number of nitrogens with two attached hydrogens (primary N) is 1. The van der Waals surface area contributed by atoms with Gasteiger partial charge in [0.25, 0.3) is 0 Å². The van der Waals surface area contributed by atoms with Crippen LogP contribution in [0, 0.1) is 5.92 Å². The van der Waals surface area contributed by atoms with E-state index in [1.165, 1.54) is 0 Å². The van der Waals surface area contributed by atoms with E-state index in [2.05, 4.69) is 35.2 Å². The fourth-order valence-electron chi connectivity index (χ4n) is 5.42. The second kappa shape index (κ2) is 11.9. The lowest BCUT2D eigenvalue weighted by Crippen LogP contribution is -2.53. The molecule has 44 heavy (non-hydrogen) atoms. The van der Waals surface area contributed by atoms with Gasteiger partial charge < -0.3 is 20.3 Å². The second-order valence-corrected chi connectivity index (χ2v) is 10.8. The van der Waals surface area contributed by atoms with Crippen LogP contribution in [0.4, 0.5) is 19.0 Å². The highest BCUT2D eigenvalue weighted by Crippen LogP contribution is 2.36. The molecule has 2 unspecified atom stereocenters. The first-order valence-electron chi connectivity index (χ1n) is 14.0. The molecule has 16 heteroatoms. The molecule has 2 aliphatic rings. The summed E-state index contributed by atoms with van der Waals surface area (Å²) in [7, 11) is 0. The Bertz CT molecular complexity index is 1680. The number of imidazole rings is 1. The second-order valence-electron chi connectivity index (χ2n) is 10.8. The number of ether oxygens (including phenoxy) is 1. The molecule has 13 nitrogen and oxygen atoms in total. The average Bonchev–Trinajstić information content (AvgIpc) is 3.63. The van der Waals surface area contributed by atoms with E-state index in [-0.39, 0.29) is 12.2 Å². The molecule has 2 fully saturated rings. The van der Waals surface area contributed by atoms with Gasteiger partial charge in [-0.05, 0) is 34.9 Å². The van der Waals surface area contributed by atoms with Crippen molar-refractivity contribution >= 4 is 28.7 Å². The smallest absolute Gasteiger partial charge is 0.383 e. The number of H-pyrrole nitrogens is 1. The fraction of sp³-hybridized carbons (Fsp3) is 0.393. The van der Waals surface area contributed by atoms with E-state index in [0.29, 0.717) is 33.2 Å². The van der Waals surface area contributed by atoms with Gasteiger partial charge in [0.15, 0.2) is 0 Å². The van der Waals surface area contributed by atoms with Crippen molar-refractivity contribution in [1.29, 1.82) is 0 Å². The van der Waals surface area contributed by atoms with Gasteiger partial charge in [-0.3, -0.25) is 19.8 Å². The number of hydrogen-bond acceptors (Lipinski definition) is 10. The largest absolute Gasteiger partial charge is 0.492 e. The van der Waals surface area contributed by atoms with E-state index in [0.717, 1.165) is 50.5 Å². The molecule has 1 aromatic carbocycles. The van der Waals surface area contributed by atoms with Gasteiger partial charge in [-0.25, -0.2) is 14.8 Å². The van der Waals surface area contributed by atoms with Gasteiger partial charge in [-0.1, -0.05) is 13.0 Å². The lowest BCUT2D eigenvalue weighted by Gasteiger charge is -2.37. The Hall–Kier alpha value is -4.54. The van der Waals surface area contributed by atoms with E-state index in [9.17, 15) is 22.8 Å². The molecule has 0 radical (unpaired) electrons. The van der Waals surface area contributed by atoms with Gasteiger partial charge in [-0.2, -0.15) is 18.3 Å². The predicted molar refractivity (Wildman–Crippen MR) is 151 cm³/mol. The number of nitrogens with one attached hydrogen (secondary N) is 2. The maximum atomic E-state index is 12.9. The number of carbonyl (C=O) groups excluding carboxylic acids is 2. The summed E-state index contributed by atoms with van der Waals surface area (Å²) in [5.41, 5.74) is 12.3. The van der Waals surface area contributed by atoms with Crippen LogP contribution in [0.1, 0.15) is 24.9 Å². The van der Waals surface area contributed by atoms with Crippen LogP contribution < -0.4 is 11.2 Å². The van der Waals surface area contributed by atoms with Crippen LogP contribution in [0.25, 0.3) is 33.5 Å². The molecule has 0 spiro atoms. The summed E-state index contributed by atoms with van der Waals surface area (Å²) >= 11 is 0. The molecule has 1 amide bonds. The topological polar surface area (TPSA) is 157 Å². The molecule has 5 heterocycles. The number of hydrazine groups is 1. The maximum Gasteiger partial charge on any atom is 0.492 e. The lowest BCUT2D eigenvalue weighted by molar-refractivity contribution is -0.268. The van der Waals surface area contributed by atoms with Crippen molar-refractivity contribution < 1.29 is 32.3 Å². The molecule has 4 N–H and O–H groups in total. The number of rotatable bonds is 7. The summed E-state index contributed by atoms with van der Waals surface area (Å²) in [6.07, 6.45) is 0.166. The number of hydrogen-bond donors (Lipinski definition) is 3. The lowest BCUT2D eigenvalue weighted by atomic mass is 9.90. The van der Waals surface area contributed by atoms with Gasteiger partial charge in [-0.15, -0.1) is 0 Å². The van der Waals surface area contributed by atoms with E-state index >= 15 is 0 Å². The minimum absolute atomic E-state index is 0.0212. The summed E-state index contributed by atoms with van der Waals surface area (Å²) in [6.45, 7) is 6.56. The number of alkyl halides is 3. The molecule has 0 aliphatic carbocycles. The summed E-state index contributed by atoms with van der Waals surface area (Å²) in [5.74, 6) is -2.80. The zero-order valence-electron chi connectivity index (χ0n) is 23.7. The third kappa shape index (κ3) is 6.22. The first kappa shape index (κ1) is 29.5. The Morgan fingerprint density at radius 3 is 2.73 bits per heavy atom. The van der Waals surface area contributed by atoms with Crippen molar-refractivity contribution in [2.24, 2.45) is 5.92 Å². The quantitative estimate of drug-likeness (QED) is 0.283. The number of carbonyl (C=O) groups is 2. The molecular formula is C28H30F3N9O4. The van der Waals surface area contributed by atoms with Gasteiger partial charge in [0, 0.05) is 49.6 Å². The van der Waals surface area contributed by atoms with Crippen LogP contribution in [0.5, 0.6) is 0 Å². The van der Waals surface area contributed by atoms with Crippen molar-refractivity contribution in [3.63, 3.8) is 0 Å². The Morgan fingerprint density at radius 1 is 1.16 bits per heavy atom. The normalized spacial score (nSPS) is 20.1. The highest BCUT2D eigenvalue weighted by Gasteiger charge is 2.46. The van der Waals surface area contributed by atoms with Crippen molar-refractivity contribution in [2.45, 2.75) is 32.1 Å². The molecular weight excluding hydrogens is 583 g/mol. The fourth-order valence-corrected chi connectivity index (χ4v) is 5.42. The van der Waals surface area contributed by atoms with Crippen molar-refractivity contribution in [2.75, 3.05) is 38.6 Å². The van der Waals surface area contributed by atoms with Crippen molar-refractivity contribution in [3.8, 4) is 22.5 Å². The molecule has 3 aromatic heterocycles. The van der Waals surface area contributed by atoms with Crippen LogP contribution in [0.2, 0.25) is 0 Å². The van der Waals surface area contributed by atoms with Crippen LogP contribution >= 0.6 is 0 Å². The Kier molecular flexibility index (Phi) is 7.96. The molecule has 232 valence electrons. The van der Waals surface area contributed by atoms with E-state index in [1.54, 1.807) is 37.5 Å². The first-order valence-corrected chi connectivity index (χ1v) is 14.0. The number of pyridine rings is 1. The number of halogens is 3. The highest BCUT2D eigenvalue weighted by molar-refractivity contribution is 5.84. The average molecular weight is 614 g/mol. The number of aromatic amines is 1. The third-order valence-electron chi connectivity index (χ3n) is 7.68. The predicted octanol–water partition coefficient (Wildman–Crippen LogP) is 2.84. The zero-order chi connectivity index (χ0) is 31.0. The number of fused-ring (bicyclic) bond motifs is 1. The molecule has 4 aromatic rings. The number of nitrogens with zero attached hydrogens (tertiary/aromatic N) is 6. The number of nitrogen functional groups attached to an aromatic ring is 1. The van der Waals surface area contributed by atoms with E-state index in [4.69, 9.17) is 10.5 Å². The SMILES string of the molecule is CC1CC(=O)NN(OC(=O)C(F)(F)F)C1c1ccc2[nH]c(-c3cc(-c4cnn(CCN5CCOCC5)c4)cnc3N)nc2c1. The van der Waals surface area contributed by atoms with E-state index in [1.807, 2.05) is 16.9 Å². The molecule has 2 saturated heterocycles. The summed E-state index contributed by atoms with van der Waals surface area (Å²) < 4.78 is 46.1. The minimum atomic E-state index is -5.24. The van der Waals surface area contributed by atoms with Gasteiger partial charge >= 0.3 is 12.1 Å². The summed E-state index contributed by atoms with van der Waals surface area (Å²) in [5, 5.41) is 5.05. The number of amides is 1. The van der Waals surface area contributed by atoms with Gasteiger partial charge in [0.05, 0.1) is 48.6 Å². The first-order chi connectivity index (χ1) is 21.0. The monoisotopic (exact) mass is 613 g/mol. The van der Waals surface area contributed by atoms with Crippen molar-refractivity contribution in [1.82, 2.24) is 40.2 Å². The molecule has 2 aliphatic heterocycles. The Balaban J connectivity index is 1.24. The maximum absolute atomic E-state index is 12.9.